The molecule has 9 heteroatoms. The minimum absolute atomic E-state index is 0.0453. The van der Waals surface area contributed by atoms with Gasteiger partial charge in [0.05, 0.1) is 21.5 Å². The van der Waals surface area contributed by atoms with Crippen LogP contribution < -0.4 is 11.1 Å². The molecule has 4 rings (SSSR count). The van der Waals surface area contributed by atoms with Gasteiger partial charge in [0.15, 0.2) is 0 Å². The molecule has 1 fully saturated rings. The largest absolute Gasteiger partial charge is 0.419 e. The summed E-state index contributed by atoms with van der Waals surface area (Å²) in [7, 11) is 0. The van der Waals surface area contributed by atoms with Crippen molar-refractivity contribution in [1.29, 1.82) is 0 Å². The molecular weight excluding hydrogens is 427 g/mol. The summed E-state index contributed by atoms with van der Waals surface area (Å²) in [5, 5.41) is 5.24. The highest BCUT2D eigenvalue weighted by Crippen LogP contribution is 2.49. The summed E-state index contributed by atoms with van der Waals surface area (Å²) in [6, 6.07) is 5.24. The number of hydrogen-bond acceptors (Lipinski definition) is 5. The Balaban J connectivity index is 1.83. The summed E-state index contributed by atoms with van der Waals surface area (Å²) < 4.78 is 42.6. The molecule has 3 aromatic heterocycles. The van der Waals surface area contributed by atoms with Crippen molar-refractivity contribution in [2.45, 2.75) is 50.4 Å². The lowest BCUT2D eigenvalue weighted by Crippen LogP contribution is -2.32. The molecule has 2 atom stereocenters. The van der Waals surface area contributed by atoms with Gasteiger partial charge >= 0.3 is 6.18 Å². The number of rotatable bonds is 4. The minimum Gasteiger partial charge on any atom is -0.379 e. The summed E-state index contributed by atoms with van der Waals surface area (Å²) in [4.78, 5) is 5.45. The molecule has 0 spiro atoms. The van der Waals surface area contributed by atoms with Crippen LogP contribution in [0.4, 0.5) is 18.9 Å². The van der Waals surface area contributed by atoms with Gasteiger partial charge in [0, 0.05) is 34.3 Å². The third-order valence-corrected chi connectivity index (χ3v) is 7.52. The highest BCUT2D eigenvalue weighted by molar-refractivity contribution is 7.20. The number of nitrogens with one attached hydrogen (secondary N) is 1. The Kier molecular flexibility index (Phi) is 5.57. The molecule has 1 saturated carbocycles. The van der Waals surface area contributed by atoms with Crippen LogP contribution in [0, 0.1) is 0 Å². The van der Waals surface area contributed by atoms with Crippen molar-refractivity contribution >= 4 is 50.2 Å². The zero-order valence-electron chi connectivity index (χ0n) is 14.9. The molecular formula is C19H19ClF3N3S2. The fraction of sp³-hybridized carbons (Fsp3) is 0.421. The van der Waals surface area contributed by atoms with E-state index in [1.165, 1.54) is 0 Å². The van der Waals surface area contributed by atoms with Crippen LogP contribution in [0.2, 0.25) is 5.15 Å². The maximum atomic E-state index is 14.0. The third-order valence-electron chi connectivity index (χ3n) is 5.11. The average molecular weight is 446 g/mol. The summed E-state index contributed by atoms with van der Waals surface area (Å²) in [6.07, 6.45) is -1.24. The lowest BCUT2D eigenvalue weighted by atomic mass is 9.83. The number of anilines is 1. The number of pyridine rings is 1. The molecule has 0 aromatic carbocycles. The van der Waals surface area contributed by atoms with E-state index in [9.17, 15) is 13.2 Å². The second kappa shape index (κ2) is 7.82. The van der Waals surface area contributed by atoms with Crippen molar-refractivity contribution in [2.24, 2.45) is 5.73 Å². The normalized spacial score (nSPS) is 20.6. The molecule has 150 valence electrons. The number of thiophene rings is 2. The quantitative estimate of drug-likeness (QED) is 0.443. The van der Waals surface area contributed by atoms with E-state index in [0.29, 0.717) is 28.2 Å². The predicted octanol–water partition coefficient (Wildman–Crippen LogP) is 6.63. The van der Waals surface area contributed by atoms with Gasteiger partial charge in [-0.05, 0) is 24.3 Å². The number of hydrogen-bond donors (Lipinski definition) is 2. The van der Waals surface area contributed by atoms with E-state index in [1.807, 2.05) is 17.5 Å². The highest BCUT2D eigenvalue weighted by atomic mass is 35.5. The molecule has 1 aliphatic carbocycles. The van der Waals surface area contributed by atoms with Crippen molar-refractivity contribution < 1.29 is 13.2 Å². The third kappa shape index (κ3) is 3.87. The SMILES string of the molecule is N[C@@H]1CCCC[C@H]1c1sc2c(NCc3cccs3)cc(Cl)nc2c1C(F)(F)F. The van der Waals surface area contributed by atoms with E-state index >= 15 is 0 Å². The molecule has 3 aromatic rings. The van der Waals surface area contributed by atoms with E-state index in [2.05, 4.69) is 10.3 Å². The van der Waals surface area contributed by atoms with Crippen LogP contribution in [0.1, 0.15) is 46.9 Å². The molecule has 0 saturated heterocycles. The Hall–Kier alpha value is -1.35. The molecule has 28 heavy (non-hydrogen) atoms. The molecule has 3 heterocycles. The number of fused-ring (bicyclic) bond motifs is 1. The van der Waals surface area contributed by atoms with E-state index in [0.717, 1.165) is 35.5 Å². The van der Waals surface area contributed by atoms with Gasteiger partial charge in [0.2, 0.25) is 0 Å². The summed E-state index contributed by atoms with van der Waals surface area (Å²) in [6.45, 7) is 0.518. The Bertz CT molecular complexity index is 969. The number of nitrogens with zero attached hydrogens (tertiary/aromatic N) is 1. The van der Waals surface area contributed by atoms with Gasteiger partial charge < -0.3 is 11.1 Å². The van der Waals surface area contributed by atoms with Crippen molar-refractivity contribution in [2.75, 3.05) is 5.32 Å². The monoisotopic (exact) mass is 445 g/mol. The first-order valence-electron chi connectivity index (χ1n) is 9.06. The molecule has 0 amide bonds. The van der Waals surface area contributed by atoms with Crippen LogP contribution in [0.25, 0.3) is 10.2 Å². The molecule has 0 unspecified atom stereocenters. The van der Waals surface area contributed by atoms with E-state index in [4.69, 9.17) is 17.3 Å². The first-order chi connectivity index (χ1) is 13.3. The van der Waals surface area contributed by atoms with Crippen LogP contribution in [0.3, 0.4) is 0 Å². The van der Waals surface area contributed by atoms with Crippen molar-refractivity contribution in [1.82, 2.24) is 4.98 Å². The number of nitrogens with two attached hydrogens (primary N) is 1. The van der Waals surface area contributed by atoms with Gasteiger partial charge in [-0.25, -0.2) is 4.98 Å². The number of alkyl halides is 3. The number of aromatic nitrogens is 1. The summed E-state index contributed by atoms with van der Waals surface area (Å²) in [5.41, 5.74) is 6.05. The fourth-order valence-corrected chi connectivity index (χ4v) is 6.10. The summed E-state index contributed by atoms with van der Waals surface area (Å²) in [5.74, 6) is -0.298. The zero-order chi connectivity index (χ0) is 19.9. The van der Waals surface area contributed by atoms with E-state index in [1.54, 1.807) is 17.4 Å². The lowest BCUT2D eigenvalue weighted by molar-refractivity contribution is -0.137. The van der Waals surface area contributed by atoms with Gasteiger partial charge in [-0.1, -0.05) is 30.5 Å². The van der Waals surface area contributed by atoms with Gasteiger partial charge in [-0.2, -0.15) is 13.2 Å². The molecule has 3 N–H and O–H groups in total. The molecule has 1 aliphatic rings. The van der Waals surface area contributed by atoms with E-state index < -0.39 is 11.7 Å². The van der Waals surface area contributed by atoms with E-state index in [-0.39, 0.29) is 22.6 Å². The van der Waals surface area contributed by atoms with Gasteiger partial charge in [-0.15, -0.1) is 22.7 Å². The Morgan fingerprint density at radius 3 is 2.75 bits per heavy atom. The van der Waals surface area contributed by atoms with Crippen LogP contribution in [-0.2, 0) is 12.7 Å². The molecule has 0 radical (unpaired) electrons. The topological polar surface area (TPSA) is 50.9 Å². The van der Waals surface area contributed by atoms with Crippen LogP contribution in [-0.4, -0.2) is 11.0 Å². The Morgan fingerprint density at radius 2 is 2.07 bits per heavy atom. The van der Waals surface area contributed by atoms with Crippen LogP contribution in [0.15, 0.2) is 23.6 Å². The molecule has 0 aliphatic heterocycles. The Morgan fingerprint density at radius 1 is 1.29 bits per heavy atom. The smallest absolute Gasteiger partial charge is 0.379 e. The predicted molar refractivity (Wildman–Crippen MR) is 110 cm³/mol. The maximum absolute atomic E-state index is 14.0. The van der Waals surface area contributed by atoms with Crippen molar-refractivity contribution in [3.63, 3.8) is 0 Å². The second-order valence-electron chi connectivity index (χ2n) is 7.00. The zero-order valence-corrected chi connectivity index (χ0v) is 17.2. The molecule has 3 nitrogen and oxygen atoms in total. The standard InChI is InChI=1S/C19H19ClF3N3S2/c20-14-8-13(25-9-10-4-3-7-27-10)18-16(26-14)15(19(21,22)23)17(28-18)11-5-1-2-6-12(11)24/h3-4,7-8,11-12H,1-2,5-6,9,24H2,(H,25,26)/t11-,12-/m1/s1. The van der Waals surface area contributed by atoms with Crippen molar-refractivity contribution in [3.05, 3.63) is 44.1 Å². The fourth-order valence-electron chi connectivity index (χ4n) is 3.80. The average Bonchev–Trinajstić information content (AvgIpc) is 3.26. The highest BCUT2D eigenvalue weighted by Gasteiger charge is 2.42. The maximum Gasteiger partial charge on any atom is 0.419 e. The van der Waals surface area contributed by atoms with Crippen LogP contribution >= 0.6 is 34.3 Å². The van der Waals surface area contributed by atoms with Gasteiger partial charge in [0.1, 0.15) is 5.15 Å². The minimum atomic E-state index is -4.51. The summed E-state index contributed by atoms with van der Waals surface area (Å²) >= 11 is 8.83. The molecule has 0 bridgehead atoms. The van der Waals surface area contributed by atoms with Crippen LogP contribution in [0.5, 0.6) is 0 Å². The van der Waals surface area contributed by atoms with Gasteiger partial charge in [0.25, 0.3) is 0 Å². The first kappa shape index (κ1) is 19.9. The second-order valence-corrected chi connectivity index (χ2v) is 9.47. The van der Waals surface area contributed by atoms with Gasteiger partial charge in [-0.3, -0.25) is 0 Å². The van der Waals surface area contributed by atoms with Crippen molar-refractivity contribution in [3.8, 4) is 0 Å². The first-order valence-corrected chi connectivity index (χ1v) is 11.1. The lowest BCUT2D eigenvalue weighted by Gasteiger charge is -2.28. The number of halogens is 4. The Labute approximate surface area is 173 Å².